The highest BCUT2D eigenvalue weighted by Gasteiger charge is 2.31. The summed E-state index contributed by atoms with van der Waals surface area (Å²) >= 11 is 1.48. The smallest absolute Gasteiger partial charge is 0.266 e. The maximum absolute atomic E-state index is 12.4. The van der Waals surface area contributed by atoms with Crippen LogP contribution in [0.4, 0.5) is 0 Å². The first-order valence-corrected chi connectivity index (χ1v) is 8.31. The van der Waals surface area contributed by atoms with E-state index in [0.29, 0.717) is 0 Å². The second-order valence-corrected chi connectivity index (χ2v) is 6.59. The number of rotatable bonds is 2. The van der Waals surface area contributed by atoms with E-state index in [0.717, 1.165) is 32.8 Å². The lowest BCUT2D eigenvalue weighted by Crippen LogP contribution is -2.05. The number of nitrogens with zero attached hydrogens (tertiary/aromatic N) is 2. The minimum atomic E-state index is -0.353. The third-order valence-corrected chi connectivity index (χ3v) is 5.13. The summed E-state index contributed by atoms with van der Waals surface area (Å²) in [6.07, 6.45) is 0. The fourth-order valence-electron chi connectivity index (χ4n) is 2.76. The molecule has 0 fully saturated rings. The number of pyridine rings is 1. The molecule has 112 valence electrons. The molecule has 1 atom stereocenters. The zero-order valence-corrected chi connectivity index (χ0v) is 13.4. The highest BCUT2D eigenvalue weighted by molar-refractivity contribution is 8.15. The van der Waals surface area contributed by atoms with E-state index < -0.39 is 0 Å². The predicted octanol–water partition coefficient (Wildman–Crippen LogP) is 4.30. The number of aryl methyl sites for hydroxylation is 1. The number of amides is 1. The molecule has 4 heteroatoms. The van der Waals surface area contributed by atoms with Crippen molar-refractivity contribution in [3.63, 3.8) is 0 Å². The molecule has 2 aromatic carbocycles. The number of carbonyl (C=O) groups is 1. The molecule has 0 N–H and O–H groups in total. The third kappa shape index (κ3) is 2.55. The number of hydrogen-bond acceptors (Lipinski definition) is 3. The maximum Gasteiger partial charge on any atom is 0.266 e. The van der Waals surface area contributed by atoms with Gasteiger partial charge in [-0.2, -0.15) is 0 Å². The number of para-hydroxylation sites is 1. The lowest BCUT2D eigenvalue weighted by molar-refractivity contribution is -0.117. The average Bonchev–Trinajstić information content (AvgIpc) is 2.97. The number of thioether (sulfide) groups is 1. The largest absolute Gasteiger partial charge is 0.271 e. The van der Waals surface area contributed by atoms with Crippen LogP contribution in [0.5, 0.6) is 0 Å². The van der Waals surface area contributed by atoms with E-state index in [2.05, 4.69) is 23.0 Å². The van der Waals surface area contributed by atoms with Gasteiger partial charge in [-0.15, -0.1) is 0 Å². The Hall–Kier alpha value is -2.46. The van der Waals surface area contributed by atoms with Crippen molar-refractivity contribution in [3.05, 3.63) is 77.5 Å². The Morgan fingerprint density at radius 1 is 1.00 bits per heavy atom. The number of hydrogen-bond donors (Lipinski definition) is 0. The molecule has 1 aliphatic rings. The van der Waals surface area contributed by atoms with E-state index in [1.807, 2.05) is 54.6 Å². The molecule has 0 saturated carbocycles. The molecule has 0 aliphatic carbocycles. The molecule has 2 heterocycles. The summed E-state index contributed by atoms with van der Waals surface area (Å²) in [7, 11) is 0. The van der Waals surface area contributed by atoms with Gasteiger partial charge < -0.3 is 0 Å². The van der Waals surface area contributed by atoms with Crippen LogP contribution < -0.4 is 0 Å². The van der Waals surface area contributed by atoms with Gasteiger partial charge in [-0.1, -0.05) is 60.3 Å². The number of carbonyl (C=O) groups excluding carboxylic acids is 1. The van der Waals surface area contributed by atoms with E-state index in [-0.39, 0.29) is 11.2 Å². The van der Waals surface area contributed by atoms with Gasteiger partial charge in [-0.05, 0) is 24.6 Å². The van der Waals surface area contributed by atoms with E-state index in [4.69, 9.17) is 0 Å². The molecule has 23 heavy (non-hydrogen) atoms. The van der Waals surface area contributed by atoms with Crippen molar-refractivity contribution < 1.29 is 4.79 Å². The van der Waals surface area contributed by atoms with Crippen LogP contribution in [0.3, 0.4) is 0 Å². The van der Waals surface area contributed by atoms with Gasteiger partial charge in [0.15, 0.2) is 0 Å². The molecule has 4 rings (SSSR count). The number of benzene rings is 2. The normalized spacial score (nSPS) is 17.5. The minimum absolute atomic E-state index is 0.129. The number of aromatic nitrogens is 1. The summed E-state index contributed by atoms with van der Waals surface area (Å²) in [5.74, 6) is -0.129. The highest BCUT2D eigenvalue weighted by Crippen LogP contribution is 2.38. The maximum atomic E-state index is 12.4. The fraction of sp³-hybridized carbons (Fsp3) is 0.105. The molecule has 1 unspecified atom stereocenters. The molecule has 3 aromatic rings. The molecule has 0 bridgehead atoms. The molecule has 0 spiro atoms. The van der Waals surface area contributed by atoms with Crippen LogP contribution in [0.15, 0.2) is 65.7 Å². The van der Waals surface area contributed by atoms with E-state index in [1.165, 1.54) is 11.8 Å². The molecular formula is C19H14N2OS. The van der Waals surface area contributed by atoms with Gasteiger partial charge >= 0.3 is 0 Å². The third-order valence-electron chi connectivity index (χ3n) is 3.90. The zero-order chi connectivity index (χ0) is 15.8. The first-order chi connectivity index (χ1) is 11.2. The lowest BCUT2D eigenvalue weighted by atomic mass is 10.1. The quantitative estimate of drug-likeness (QED) is 0.707. The van der Waals surface area contributed by atoms with Gasteiger partial charge in [0, 0.05) is 10.9 Å². The average molecular weight is 318 g/mol. The molecule has 1 aliphatic heterocycles. The topological polar surface area (TPSA) is 42.3 Å². The summed E-state index contributed by atoms with van der Waals surface area (Å²) < 4.78 is 0. The first kappa shape index (κ1) is 14.2. The molecule has 0 saturated heterocycles. The molecular weight excluding hydrogens is 304 g/mol. The van der Waals surface area contributed by atoms with Crippen LogP contribution in [0.1, 0.15) is 22.1 Å². The SMILES string of the molecule is Cc1cc(C2SC(c3ccccc3)=NC2=O)nc2ccccc12. The van der Waals surface area contributed by atoms with Gasteiger partial charge in [-0.3, -0.25) is 9.78 Å². The van der Waals surface area contributed by atoms with Crippen LogP contribution in [0.25, 0.3) is 10.9 Å². The highest BCUT2D eigenvalue weighted by atomic mass is 32.2. The molecule has 1 aromatic heterocycles. The van der Waals surface area contributed by atoms with E-state index >= 15 is 0 Å². The summed E-state index contributed by atoms with van der Waals surface area (Å²) in [6, 6.07) is 19.8. The molecule has 0 radical (unpaired) electrons. The van der Waals surface area contributed by atoms with Crippen LogP contribution in [-0.4, -0.2) is 15.9 Å². The van der Waals surface area contributed by atoms with Crippen molar-refractivity contribution in [1.29, 1.82) is 0 Å². The lowest BCUT2D eigenvalue weighted by Gasteiger charge is -2.10. The summed E-state index contributed by atoms with van der Waals surface area (Å²) in [6.45, 7) is 2.05. The van der Waals surface area contributed by atoms with Gasteiger partial charge in [-0.25, -0.2) is 4.99 Å². The number of fused-ring (bicyclic) bond motifs is 1. The van der Waals surface area contributed by atoms with Crippen LogP contribution in [0.2, 0.25) is 0 Å². The Morgan fingerprint density at radius 3 is 2.57 bits per heavy atom. The van der Waals surface area contributed by atoms with Crippen molar-refractivity contribution >= 4 is 33.6 Å². The Labute approximate surface area is 138 Å². The second-order valence-electron chi connectivity index (χ2n) is 5.50. The van der Waals surface area contributed by atoms with Crippen molar-refractivity contribution in [2.24, 2.45) is 4.99 Å². The minimum Gasteiger partial charge on any atom is -0.271 e. The zero-order valence-electron chi connectivity index (χ0n) is 12.6. The van der Waals surface area contributed by atoms with Crippen molar-refractivity contribution in [1.82, 2.24) is 4.98 Å². The summed E-state index contributed by atoms with van der Waals surface area (Å²) in [5, 5.41) is 1.54. The van der Waals surface area contributed by atoms with Crippen molar-refractivity contribution in [3.8, 4) is 0 Å². The fourth-order valence-corrected chi connectivity index (χ4v) is 3.79. The van der Waals surface area contributed by atoms with Gasteiger partial charge in [0.1, 0.15) is 10.3 Å². The summed E-state index contributed by atoms with van der Waals surface area (Å²) in [5.41, 5.74) is 3.81. The Kier molecular flexibility index (Phi) is 3.46. The summed E-state index contributed by atoms with van der Waals surface area (Å²) in [4.78, 5) is 21.3. The van der Waals surface area contributed by atoms with Gasteiger partial charge in [0.25, 0.3) is 5.91 Å². The Morgan fingerprint density at radius 2 is 1.74 bits per heavy atom. The van der Waals surface area contributed by atoms with E-state index in [9.17, 15) is 4.79 Å². The molecule has 1 amide bonds. The molecule has 3 nitrogen and oxygen atoms in total. The Balaban J connectivity index is 1.71. The van der Waals surface area contributed by atoms with Crippen LogP contribution in [-0.2, 0) is 4.79 Å². The first-order valence-electron chi connectivity index (χ1n) is 7.43. The number of aliphatic imine (C=N–C) groups is 1. The second kappa shape index (κ2) is 5.63. The monoisotopic (exact) mass is 318 g/mol. The van der Waals surface area contributed by atoms with E-state index in [1.54, 1.807) is 0 Å². The Bertz CT molecular complexity index is 935. The van der Waals surface area contributed by atoms with Gasteiger partial charge in [0.05, 0.1) is 11.2 Å². The standard InChI is InChI=1S/C19H14N2OS/c1-12-11-16(20-15-10-6-5-9-14(12)15)17-18(22)21-19(23-17)13-7-3-2-4-8-13/h2-11,17H,1H3. The van der Waals surface area contributed by atoms with Gasteiger partial charge in [0.2, 0.25) is 0 Å². The van der Waals surface area contributed by atoms with Crippen LogP contribution in [0, 0.1) is 6.92 Å². The van der Waals surface area contributed by atoms with Crippen molar-refractivity contribution in [2.75, 3.05) is 0 Å². The van der Waals surface area contributed by atoms with Crippen LogP contribution >= 0.6 is 11.8 Å². The predicted molar refractivity (Wildman–Crippen MR) is 94.8 cm³/mol. The van der Waals surface area contributed by atoms with Crippen molar-refractivity contribution in [2.45, 2.75) is 12.2 Å².